The second kappa shape index (κ2) is 8.06. The lowest BCUT2D eigenvalue weighted by Crippen LogP contribution is -2.41. The average Bonchev–Trinajstić information content (AvgIpc) is 2.43. The highest BCUT2D eigenvalue weighted by atomic mass is 35.5. The van der Waals surface area contributed by atoms with Crippen LogP contribution in [-0.4, -0.2) is 39.2 Å². The first-order valence-electron chi connectivity index (χ1n) is 6.09. The first-order valence-corrected chi connectivity index (χ1v) is 7.70. The van der Waals surface area contributed by atoms with Crippen LogP contribution in [0.15, 0.2) is 11.4 Å². The molecule has 0 aliphatic carbocycles. The van der Waals surface area contributed by atoms with Gasteiger partial charge in [0.05, 0.1) is 11.2 Å². The van der Waals surface area contributed by atoms with E-state index in [-0.39, 0.29) is 10.7 Å². The Kier molecular flexibility index (Phi) is 6.74. The predicted octanol–water partition coefficient (Wildman–Crippen LogP) is 2.23. The van der Waals surface area contributed by atoms with E-state index < -0.39 is 17.9 Å². The van der Waals surface area contributed by atoms with Gasteiger partial charge in [-0.1, -0.05) is 43.1 Å². The number of carbonyl (C=O) groups excluding carboxylic acids is 1. The summed E-state index contributed by atoms with van der Waals surface area (Å²) in [6, 6.07) is -0.939. The van der Waals surface area contributed by atoms with E-state index in [9.17, 15) is 9.59 Å². The summed E-state index contributed by atoms with van der Waals surface area (Å²) in [5.74, 6) is -1.67. The minimum atomic E-state index is -1.07. The van der Waals surface area contributed by atoms with Crippen LogP contribution in [0.5, 0.6) is 0 Å². The number of thioether (sulfide) groups is 1. The van der Waals surface area contributed by atoms with Gasteiger partial charge >= 0.3 is 5.97 Å². The van der Waals surface area contributed by atoms with Gasteiger partial charge in [-0.05, 0) is 12.7 Å². The molecule has 0 saturated carbocycles. The van der Waals surface area contributed by atoms with Gasteiger partial charge in [-0.25, -0.2) is 14.8 Å². The number of hydrogen-bond donors (Lipinski definition) is 2. The minimum Gasteiger partial charge on any atom is -0.480 e. The summed E-state index contributed by atoms with van der Waals surface area (Å²) in [6.45, 7) is 1.95. The Bertz CT molecular complexity index is 499. The Hall–Kier alpha value is -1.34. The summed E-state index contributed by atoms with van der Waals surface area (Å²) < 4.78 is 0. The molecule has 110 valence electrons. The number of aliphatic carboxylic acids is 1. The molecule has 0 aromatic carbocycles. The molecule has 1 heterocycles. The Morgan fingerprint density at radius 2 is 2.25 bits per heavy atom. The molecule has 8 heteroatoms. The van der Waals surface area contributed by atoms with Gasteiger partial charge in [-0.3, -0.25) is 4.79 Å². The molecule has 0 fully saturated rings. The number of carbonyl (C=O) groups is 2. The normalized spacial score (nSPS) is 11.9. The van der Waals surface area contributed by atoms with Crippen molar-refractivity contribution in [2.75, 3.05) is 6.26 Å². The third kappa shape index (κ3) is 4.64. The van der Waals surface area contributed by atoms with Crippen molar-refractivity contribution >= 4 is 35.2 Å². The monoisotopic (exact) mass is 317 g/mol. The van der Waals surface area contributed by atoms with E-state index in [0.29, 0.717) is 18.0 Å². The zero-order valence-electron chi connectivity index (χ0n) is 11.2. The second-order valence-electron chi connectivity index (χ2n) is 4.06. The van der Waals surface area contributed by atoms with Crippen LogP contribution in [0.1, 0.15) is 36.7 Å². The number of hydrogen-bond acceptors (Lipinski definition) is 5. The molecule has 2 N–H and O–H groups in total. The highest BCUT2D eigenvalue weighted by Crippen LogP contribution is 2.16. The number of carboxylic acid groups (broad SMARTS) is 1. The maximum Gasteiger partial charge on any atom is 0.326 e. The van der Waals surface area contributed by atoms with Gasteiger partial charge in [0, 0.05) is 0 Å². The fourth-order valence-corrected chi connectivity index (χ4v) is 2.02. The van der Waals surface area contributed by atoms with Crippen molar-refractivity contribution in [2.24, 2.45) is 0 Å². The lowest BCUT2D eigenvalue weighted by molar-refractivity contribution is -0.139. The Morgan fingerprint density at radius 1 is 1.55 bits per heavy atom. The van der Waals surface area contributed by atoms with Crippen molar-refractivity contribution in [1.29, 1.82) is 0 Å². The van der Waals surface area contributed by atoms with E-state index in [1.807, 2.05) is 6.92 Å². The van der Waals surface area contributed by atoms with Gasteiger partial charge in [0.1, 0.15) is 6.04 Å². The van der Waals surface area contributed by atoms with Crippen molar-refractivity contribution in [3.05, 3.63) is 16.9 Å². The fraction of sp³-hybridized carbons (Fsp3) is 0.500. The van der Waals surface area contributed by atoms with Crippen molar-refractivity contribution in [3.63, 3.8) is 0 Å². The number of amides is 1. The smallest absolute Gasteiger partial charge is 0.326 e. The first-order chi connectivity index (χ1) is 9.49. The van der Waals surface area contributed by atoms with E-state index >= 15 is 0 Å². The molecular formula is C12H16ClN3O3S. The van der Waals surface area contributed by atoms with Crippen LogP contribution in [-0.2, 0) is 4.79 Å². The van der Waals surface area contributed by atoms with Gasteiger partial charge < -0.3 is 10.4 Å². The quantitative estimate of drug-likeness (QED) is 0.592. The second-order valence-corrected chi connectivity index (χ2v) is 5.24. The molecule has 1 atom stereocenters. The van der Waals surface area contributed by atoms with Crippen molar-refractivity contribution in [2.45, 2.75) is 37.4 Å². The summed E-state index contributed by atoms with van der Waals surface area (Å²) in [5, 5.41) is 12.0. The summed E-state index contributed by atoms with van der Waals surface area (Å²) in [6.07, 6.45) is 5.04. The largest absolute Gasteiger partial charge is 0.480 e. The predicted molar refractivity (Wildman–Crippen MR) is 77.2 cm³/mol. The number of aromatic nitrogens is 2. The molecule has 0 bridgehead atoms. The topological polar surface area (TPSA) is 92.2 Å². The van der Waals surface area contributed by atoms with E-state index in [4.69, 9.17) is 16.7 Å². The van der Waals surface area contributed by atoms with Crippen LogP contribution < -0.4 is 5.32 Å². The number of unbranched alkanes of at least 4 members (excludes halogenated alkanes) is 1. The minimum absolute atomic E-state index is 0.00577. The number of rotatable bonds is 7. The zero-order valence-corrected chi connectivity index (χ0v) is 12.8. The lowest BCUT2D eigenvalue weighted by atomic mass is 10.1. The van der Waals surface area contributed by atoms with Gasteiger partial charge in [-0.15, -0.1) is 0 Å². The van der Waals surface area contributed by atoms with E-state index in [1.54, 1.807) is 6.26 Å². The van der Waals surface area contributed by atoms with Gasteiger partial charge in [0.2, 0.25) is 0 Å². The molecule has 1 aromatic rings. The molecule has 0 aliphatic rings. The lowest BCUT2D eigenvalue weighted by Gasteiger charge is -2.14. The number of carboxylic acids is 1. The number of nitrogens with one attached hydrogen (secondary N) is 1. The summed E-state index contributed by atoms with van der Waals surface area (Å²) in [7, 11) is 0. The van der Waals surface area contributed by atoms with Crippen LogP contribution in [0.2, 0.25) is 5.02 Å². The molecule has 1 rings (SSSR count). The van der Waals surface area contributed by atoms with E-state index in [2.05, 4.69) is 15.3 Å². The van der Waals surface area contributed by atoms with Gasteiger partial charge in [0.25, 0.3) is 5.91 Å². The van der Waals surface area contributed by atoms with Crippen LogP contribution in [0.4, 0.5) is 0 Å². The molecular weight excluding hydrogens is 302 g/mol. The molecule has 0 radical (unpaired) electrons. The summed E-state index contributed by atoms with van der Waals surface area (Å²) >= 11 is 7.14. The van der Waals surface area contributed by atoms with Crippen LogP contribution in [0.3, 0.4) is 0 Å². The van der Waals surface area contributed by atoms with Crippen molar-refractivity contribution in [1.82, 2.24) is 15.3 Å². The molecule has 0 spiro atoms. The van der Waals surface area contributed by atoms with Gasteiger partial charge in [-0.2, -0.15) is 0 Å². The van der Waals surface area contributed by atoms with E-state index in [1.165, 1.54) is 18.0 Å². The highest BCUT2D eigenvalue weighted by molar-refractivity contribution is 7.98. The average molecular weight is 318 g/mol. The zero-order chi connectivity index (χ0) is 15.1. The molecule has 0 saturated heterocycles. The van der Waals surface area contributed by atoms with Crippen molar-refractivity contribution < 1.29 is 14.7 Å². The molecule has 1 amide bonds. The number of halogens is 1. The van der Waals surface area contributed by atoms with Crippen molar-refractivity contribution in [3.8, 4) is 0 Å². The number of nitrogens with zero attached hydrogens (tertiary/aromatic N) is 2. The van der Waals surface area contributed by atoms with Crippen LogP contribution in [0.25, 0.3) is 0 Å². The third-order valence-corrected chi connectivity index (χ3v) is 3.41. The standard InChI is InChI=1S/C12H16ClN3O3S/c1-3-4-5-8(11(18)19)15-10(17)9-7(13)6-14-12(16-9)20-2/h6,8H,3-5H2,1-2H3,(H,15,17)(H,18,19)/t8-/m0/s1. The summed E-state index contributed by atoms with van der Waals surface area (Å²) in [5.41, 5.74) is -0.00577. The molecule has 0 aliphatic heterocycles. The highest BCUT2D eigenvalue weighted by Gasteiger charge is 2.22. The molecule has 1 aromatic heterocycles. The molecule has 0 unspecified atom stereocenters. The Morgan fingerprint density at radius 3 is 2.80 bits per heavy atom. The van der Waals surface area contributed by atoms with Gasteiger partial charge in [0.15, 0.2) is 10.9 Å². The third-order valence-electron chi connectivity index (χ3n) is 2.57. The maximum atomic E-state index is 12.1. The fourth-order valence-electron chi connectivity index (χ4n) is 1.50. The Balaban J connectivity index is 2.85. The molecule has 6 nitrogen and oxygen atoms in total. The molecule has 20 heavy (non-hydrogen) atoms. The maximum absolute atomic E-state index is 12.1. The van der Waals surface area contributed by atoms with Crippen LogP contribution in [0, 0.1) is 0 Å². The van der Waals surface area contributed by atoms with E-state index in [0.717, 1.165) is 6.42 Å². The summed E-state index contributed by atoms with van der Waals surface area (Å²) in [4.78, 5) is 31.1. The Labute approximate surface area is 126 Å². The SMILES string of the molecule is CCCC[C@H](NC(=O)c1nc(SC)ncc1Cl)C(=O)O. The van der Waals surface area contributed by atoms with Crippen LogP contribution >= 0.6 is 23.4 Å². The first kappa shape index (κ1) is 16.7.